The summed E-state index contributed by atoms with van der Waals surface area (Å²) >= 11 is 1.47. The quantitative estimate of drug-likeness (QED) is 0.287. The molecule has 37 heavy (non-hydrogen) atoms. The lowest BCUT2D eigenvalue weighted by molar-refractivity contribution is -0.140. The summed E-state index contributed by atoms with van der Waals surface area (Å²) in [5.74, 6) is 0.535. The van der Waals surface area contributed by atoms with Crippen molar-refractivity contribution in [3.05, 3.63) is 75.0 Å². The molecule has 0 aliphatic carbocycles. The van der Waals surface area contributed by atoms with Crippen LogP contribution in [0.25, 0.3) is 11.1 Å². The summed E-state index contributed by atoms with van der Waals surface area (Å²) < 4.78 is 10.9. The third-order valence-electron chi connectivity index (χ3n) is 6.59. The zero-order chi connectivity index (χ0) is 27.2. The molecule has 1 heterocycles. The number of nitrogens with one attached hydrogen (secondary N) is 1. The molecule has 0 spiro atoms. The van der Waals surface area contributed by atoms with Crippen molar-refractivity contribution in [1.82, 2.24) is 5.32 Å². The van der Waals surface area contributed by atoms with E-state index in [0.29, 0.717) is 11.5 Å². The highest BCUT2D eigenvalue weighted by molar-refractivity contribution is 7.14. The maximum atomic E-state index is 12.4. The van der Waals surface area contributed by atoms with Crippen LogP contribution in [0.1, 0.15) is 77.7 Å². The smallest absolute Gasteiger partial charge is 0.307 e. The van der Waals surface area contributed by atoms with Gasteiger partial charge in [-0.3, -0.25) is 9.59 Å². The number of amides is 1. The Morgan fingerprint density at radius 1 is 1.00 bits per heavy atom. The predicted octanol–water partition coefficient (Wildman–Crippen LogP) is 7.19. The van der Waals surface area contributed by atoms with Crippen molar-refractivity contribution in [2.75, 3.05) is 20.3 Å². The van der Waals surface area contributed by atoms with Gasteiger partial charge in [0, 0.05) is 17.3 Å². The number of carbonyl (C=O) groups is 2. The van der Waals surface area contributed by atoms with Crippen molar-refractivity contribution in [2.45, 2.75) is 65.7 Å². The van der Waals surface area contributed by atoms with Crippen molar-refractivity contribution in [2.24, 2.45) is 0 Å². The van der Waals surface area contributed by atoms with Crippen LogP contribution in [0.4, 0.5) is 0 Å². The minimum absolute atomic E-state index is 0.133. The Morgan fingerprint density at radius 3 is 2.22 bits per heavy atom. The van der Waals surface area contributed by atoms with Crippen molar-refractivity contribution >= 4 is 23.2 Å². The molecule has 0 radical (unpaired) electrons. The van der Waals surface area contributed by atoms with Crippen LogP contribution in [0, 0.1) is 13.8 Å². The lowest BCUT2D eigenvalue weighted by atomic mass is 9.85. The van der Waals surface area contributed by atoms with Crippen molar-refractivity contribution < 1.29 is 19.1 Å². The van der Waals surface area contributed by atoms with Crippen LogP contribution >= 0.6 is 11.3 Å². The van der Waals surface area contributed by atoms with Crippen molar-refractivity contribution in [3.63, 3.8) is 0 Å². The van der Waals surface area contributed by atoms with Crippen molar-refractivity contribution in [3.8, 4) is 16.9 Å². The van der Waals surface area contributed by atoms with Gasteiger partial charge in [-0.2, -0.15) is 0 Å². The zero-order valence-electron chi connectivity index (χ0n) is 23.1. The summed E-state index contributed by atoms with van der Waals surface area (Å²) in [5, 5.41) is 2.77. The summed E-state index contributed by atoms with van der Waals surface area (Å²) in [5.41, 5.74) is 6.31. The largest absolute Gasteiger partial charge is 0.493 e. The van der Waals surface area contributed by atoms with Gasteiger partial charge in [0.05, 0.1) is 25.0 Å². The monoisotopic (exact) mass is 521 g/mol. The number of rotatable bonds is 10. The molecule has 198 valence electrons. The van der Waals surface area contributed by atoms with Crippen LogP contribution in [0.5, 0.6) is 5.75 Å². The van der Waals surface area contributed by atoms with E-state index < -0.39 is 0 Å². The van der Waals surface area contributed by atoms with Gasteiger partial charge in [-0.15, -0.1) is 11.3 Å². The van der Waals surface area contributed by atoms with Gasteiger partial charge in [-0.05, 0) is 77.8 Å². The molecule has 3 aromatic rings. The highest BCUT2D eigenvalue weighted by atomic mass is 32.1. The lowest BCUT2D eigenvalue weighted by Crippen LogP contribution is -2.25. The van der Waals surface area contributed by atoms with Gasteiger partial charge in [0.25, 0.3) is 5.91 Å². The number of thiophene rings is 1. The van der Waals surface area contributed by atoms with E-state index >= 15 is 0 Å². The summed E-state index contributed by atoms with van der Waals surface area (Å²) in [6.45, 7) is 13.9. The first-order valence-corrected chi connectivity index (χ1v) is 13.6. The fraction of sp³-hybridized carbons (Fsp3) is 0.419. The topological polar surface area (TPSA) is 64.6 Å². The number of hydrogen-bond donors (Lipinski definition) is 1. The fourth-order valence-electron chi connectivity index (χ4n) is 4.36. The summed E-state index contributed by atoms with van der Waals surface area (Å²) in [6, 6.07) is 16.9. The second kappa shape index (κ2) is 12.4. The average Bonchev–Trinajstić information content (AvgIpc) is 3.34. The SMILES string of the molecule is CC[C@H](COc1cc(C)c(-c2ccc(C(C)(C)C)cc2)c(C)c1)c1ccc(C(=O)NCCC(=O)OC)s1. The van der Waals surface area contributed by atoms with Crippen LogP contribution in [0.2, 0.25) is 0 Å². The maximum Gasteiger partial charge on any atom is 0.307 e. The van der Waals surface area contributed by atoms with E-state index in [2.05, 4.69) is 88.0 Å². The molecule has 0 unspecified atom stereocenters. The molecule has 0 bridgehead atoms. The first-order chi connectivity index (χ1) is 17.5. The Morgan fingerprint density at radius 2 is 1.65 bits per heavy atom. The molecule has 0 aliphatic heterocycles. The van der Waals surface area contributed by atoms with E-state index in [-0.39, 0.29) is 36.2 Å². The third kappa shape index (κ3) is 7.45. The molecular formula is C31H39NO4S. The Labute approximate surface area is 225 Å². The summed E-state index contributed by atoms with van der Waals surface area (Å²) in [7, 11) is 1.34. The molecule has 1 amide bonds. The molecule has 3 rings (SSSR count). The average molecular weight is 522 g/mol. The summed E-state index contributed by atoms with van der Waals surface area (Å²) in [6.07, 6.45) is 1.06. The molecule has 6 heteroatoms. The van der Waals surface area contributed by atoms with E-state index in [1.807, 2.05) is 12.1 Å². The van der Waals surface area contributed by atoms with Crippen LogP contribution in [-0.4, -0.2) is 32.1 Å². The zero-order valence-corrected chi connectivity index (χ0v) is 23.9. The van der Waals surface area contributed by atoms with E-state index in [1.54, 1.807) is 0 Å². The number of methoxy groups -OCH3 is 1. The van der Waals surface area contributed by atoms with Gasteiger partial charge in [-0.25, -0.2) is 0 Å². The van der Waals surface area contributed by atoms with Crippen LogP contribution in [0.3, 0.4) is 0 Å². The van der Waals surface area contributed by atoms with Gasteiger partial charge >= 0.3 is 5.97 Å². The first-order valence-electron chi connectivity index (χ1n) is 12.8. The van der Waals surface area contributed by atoms with E-state index in [9.17, 15) is 9.59 Å². The summed E-state index contributed by atoms with van der Waals surface area (Å²) in [4.78, 5) is 25.4. The normalized spacial score (nSPS) is 12.2. The third-order valence-corrected chi connectivity index (χ3v) is 7.83. The highest BCUT2D eigenvalue weighted by Crippen LogP contribution is 2.34. The molecular weight excluding hydrogens is 482 g/mol. The van der Waals surface area contributed by atoms with E-state index in [1.165, 1.54) is 46.3 Å². The Balaban J connectivity index is 1.65. The predicted molar refractivity (Wildman–Crippen MR) is 152 cm³/mol. The van der Waals surface area contributed by atoms with Gasteiger partial charge < -0.3 is 14.8 Å². The van der Waals surface area contributed by atoms with E-state index in [4.69, 9.17) is 4.74 Å². The number of esters is 1. The molecule has 2 aromatic carbocycles. The molecule has 0 saturated heterocycles. The first kappa shape index (κ1) is 28.5. The molecule has 0 aliphatic rings. The van der Waals surface area contributed by atoms with Gasteiger partial charge in [0.2, 0.25) is 0 Å². The van der Waals surface area contributed by atoms with Crippen LogP contribution < -0.4 is 10.1 Å². The second-order valence-corrected chi connectivity index (χ2v) is 11.6. The number of aryl methyl sites for hydroxylation is 2. The number of hydrogen-bond acceptors (Lipinski definition) is 5. The standard InChI is InChI=1S/C31H39NO4S/c1-8-22(26-13-14-27(37-26)30(34)32-16-15-28(33)35-7)19-36-25-17-20(2)29(21(3)18-25)23-9-11-24(12-10-23)31(4,5)6/h9-14,17-18,22H,8,15-16,19H2,1-7H3,(H,32,34)/t22-/m1/s1. The van der Waals surface area contributed by atoms with E-state index in [0.717, 1.165) is 17.0 Å². The Kier molecular flexibility index (Phi) is 9.55. The Hall–Kier alpha value is -3.12. The number of benzene rings is 2. The molecule has 1 atom stereocenters. The highest BCUT2D eigenvalue weighted by Gasteiger charge is 2.18. The molecule has 1 aromatic heterocycles. The molecule has 0 saturated carbocycles. The van der Waals surface area contributed by atoms with Gasteiger partial charge in [0.15, 0.2) is 0 Å². The van der Waals surface area contributed by atoms with Crippen LogP contribution in [-0.2, 0) is 14.9 Å². The number of ether oxygens (including phenoxy) is 2. The maximum absolute atomic E-state index is 12.4. The molecule has 5 nitrogen and oxygen atoms in total. The molecule has 1 N–H and O–H groups in total. The van der Waals surface area contributed by atoms with Crippen LogP contribution in [0.15, 0.2) is 48.5 Å². The van der Waals surface area contributed by atoms with Gasteiger partial charge in [0.1, 0.15) is 5.75 Å². The second-order valence-electron chi connectivity index (χ2n) is 10.5. The Bertz CT molecular complexity index is 1200. The number of carbonyl (C=O) groups excluding carboxylic acids is 2. The minimum Gasteiger partial charge on any atom is -0.493 e. The lowest BCUT2D eigenvalue weighted by Gasteiger charge is -2.20. The fourth-order valence-corrected chi connectivity index (χ4v) is 5.45. The minimum atomic E-state index is -0.340. The molecule has 0 fully saturated rings. The van der Waals surface area contributed by atoms with Gasteiger partial charge in [-0.1, -0.05) is 52.0 Å². The van der Waals surface area contributed by atoms with Crippen molar-refractivity contribution in [1.29, 1.82) is 0 Å².